The number of aromatic nitrogens is 4. The summed E-state index contributed by atoms with van der Waals surface area (Å²) in [6.07, 6.45) is 2.29. The summed E-state index contributed by atoms with van der Waals surface area (Å²) in [6.45, 7) is 3.24. The Bertz CT molecular complexity index is 730. The van der Waals surface area contributed by atoms with Crippen molar-refractivity contribution in [2.75, 3.05) is 25.1 Å². The van der Waals surface area contributed by atoms with Crippen LogP contribution in [0.5, 0.6) is 0 Å². The molecule has 8 nitrogen and oxygen atoms in total. The van der Waals surface area contributed by atoms with Crippen molar-refractivity contribution in [3.63, 3.8) is 0 Å². The predicted octanol–water partition coefficient (Wildman–Crippen LogP) is 1.63. The van der Waals surface area contributed by atoms with Crippen LogP contribution in [0, 0.1) is 12.7 Å². The number of hydrogen-bond acceptors (Lipinski definition) is 6. The SMILES string of the molecule is Cc1nnnn1-c1ccc(F)c(NC(=O)CCOCC2CCCO2)c1. The first kappa shape index (κ1) is 17.4. The zero-order valence-electron chi connectivity index (χ0n) is 13.9. The van der Waals surface area contributed by atoms with Gasteiger partial charge in [0.25, 0.3) is 0 Å². The fraction of sp³-hybridized carbons (Fsp3) is 0.500. The van der Waals surface area contributed by atoms with E-state index in [1.54, 1.807) is 13.0 Å². The molecule has 1 aromatic heterocycles. The monoisotopic (exact) mass is 349 g/mol. The van der Waals surface area contributed by atoms with Gasteiger partial charge in [0.05, 0.1) is 37.1 Å². The van der Waals surface area contributed by atoms with Crippen LogP contribution >= 0.6 is 0 Å². The number of nitrogens with one attached hydrogen (secondary N) is 1. The van der Waals surface area contributed by atoms with Crippen LogP contribution in [-0.4, -0.2) is 52.0 Å². The largest absolute Gasteiger partial charge is 0.378 e. The second kappa shape index (κ2) is 8.13. The number of halogens is 1. The van der Waals surface area contributed by atoms with Crippen molar-refractivity contribution in [1.82, 2.24) is 20.2 Å². The third-order valence-corrected chi connectivity index (χ3v) is 3.90. The minimum Gasteiger partial charge on any atom is -0.378 e. The third kappa shape index (κ3) is 4.58. The number of hydrogen-bond donors (Lipinski definition) is 1. The van der Waals surface area contributed by atoms with E-state index < -0.39 is 5.82 Å². The number of anilines is 1. The van der Waals surface area contributed by atoms with Crippen molar-refractivity contribution >= 4 is 11.6 Å². The van der Waals surface area contributed by atoms with E-state index in [4.69, 9.17) is 9.47 Å². The molecule has 1 unspecified atom stereocenters. The molecule has 1 amide bonds. The van der Waals surface area contributed by atoms with Gasteiger partial charge in [-0.05, 0) is 48.4 Å². The molecule has 3 rings (SSSR count). The second-order valence-corrected chi connectivity index (χ2v) is 5.81. The van der Waals surface area contributed by atoms with Crippen LogP contribution in [0.15, 0.2) is 18.2 Å². The number of nitrogens with zero attached hydrogens (tertiary/aromatic N) is 4. The quantitative estimate of drug-likeness (QED) is 0.764. The highest BCUT2D eigenvalue weighted by atomic mass is 19.1. The van der Waals surface area contributed by atoms with Crippen LogP contribution in [0.3, 0.4) is 0 Å². The van der Waals surface area contributed by atoms with Gasteiger partial charge in [-0.15, -0.1) is 5.10 Å². The Hall–Kier alpha value is -2.39. The minimum absolute atomic E-state index is 0.0801. The van der Waals surface area contributed by atoms with Gasteiger partial charge in [0, 0.05) is 6.61 Å². The molecule has 1 aliphatic heterocycles. The first-order chi connectivity index (χ1) is 12.1. The van der Waals surface area contributed by atoms with E-state index in [1.807, 2.05) is 0 Å². The Balaban J connectivity index is 1.52. The molecule has 134 valence electrons. The van der Waals surface area contributed by atoms with Crippen LogP contribution in [0.4, 0.5) is 10.1 Å². The summed E-state index contributed by atoms with van der Waals surface area (Å²) in [7, 11) is 0. The first-order valence-electron chi connectivity index (χ1n) is 8.17. The summed E-state index contributed by atoms with van der Waals surface area (Å²) in [4.78, 5) is 12.0. The standard InChI is InChI=1S/C16H20FN5O3/c1-11-19-20-21-22(11)12-4-5-14(17)15(9-12)18-16(23)6-8-24-10-13-3-2-7-25-13/h4-5,9,13H,2-3,6-8,10H2,1H3,(H,18,23). The van der Waals surface area contributed by atoms with Gasteiger partial charge in [-0.3, -0.25) is 4.79 Å². The van der Waals surface area contributed by atoms with Crippen LogP contribution in [0.1, 0.15) is 25.1 Å². The van der Waals surface area contributed by atoms with Gasteiger partial charge in [0.15, 0.2) is 5.82 Å². The molecule has 0 spiro atoms. The number of ether oxygens (including phenoxy) is 2. The molecule has 1 aromatic carbocycles. The molecule has 9 heteroatoms. The topological polar surface area (TPSA) is 91.2 Å². The Morgan fingerprint density at radius 2 is 2.40 bits per heavy atom. The molecule has 2 heterocycles. The number of aryl methyl sites for hydroxylation is 1. The van der Waals surface area contributed by atoms with E-state index in [2.05, 4.69) is 20.8 Å². The van der Waals surface area contributed by atoms with Crippen LogP contribution in [0.25, 0.3) is 5.69 Å². The van der Waals surface area contributed by atoms with Crippen molar-refractivity contribution in [2.45, 2.75) is 32.3 Å². The average molecular weight is 349 g/mol. The maximum absolute atomic E-state index is 13.9. The van der Waals surface area contributed by atoms with E-state index in [0.717, 1.165) is 19.4 Å². The average Bonchev–Trinajstić information content (AvgIpc) is 3.25. The van der Waals surface area contributed by atoms with E-state index in [9.17, 15) is 9.18 Å². The summed E-state index contributed by atoms with van der Waals surface area (Å²) < 4.78 is 26.3. The van der Waals surface area contributed by atoms with E-state index in [0.29, 0.717) is 18.1 Å². The summed E-state index contributed by atoms with van der Waals surface area (Å²) in [6, 6.07) is 4.29. The Labute approximate surface area is 144 Å². The van der Waals surface area contributed by atoms with Crippen molar-refractivity contribution in [3.8, 4) is 5.69 Å². The lowest BCUT2D eigenvalue weighted by atomic mass is 10.2. The molecule has 1 N–H and O–H groups in total. The molecule has 0 saturated carbocycles. The lowest BCUT2D eigenvalue weighted by molar-refractivity contribution is -0.117. The van der Waals surface area contributed by atoms with Gasteiger partial charge in [-0.2, -0.15) is 4.68 Å². The van der Waals surface area contributed by atoms with Gasteiger partial charge in [0.1, 0.15) is 5.82 Å². The number of carbonyl (C=O) groups is 1. The van der Waals surface area contributed by atoms with Gasteiger partial charge < -0.3 is 14.8 Å². The fourth-order valence-corrected chi connectivity index (χ4v) is 2.58. The number of amides is 1. The number of tetrazole rings is 1. The Morgan fingerprint density at radius 3 is 3.12 bits per heavy atom. The molecular weight excluding hydrogens is 329 g/mol. The van der Waals surface area contributed by atoms with Crippen molar-refractivity contribution in [2.24, 2.45) is 0 Å². The predicted molar refractivity (Wildman–Crippen MR) is 86.9 cm³/mol. The molecule has 1 atom stereocenters. The number of carbonyl (C=O) groups excluding carboxylic acids is 1. The van der Waals surface area contributed by atoms with Crippen LogP contribution < -0.4 is 5.32 Å². The fourth-order valence-electron chi connectivity index (χ4n) is 2.58. The first-order valence-corrected chi connectivity index (χ1v) is 8.17. The smallest absolute Gasteiger partial charge is 0.226 e. The van der Waals surface area contributed by atoms with Crippen molar-refractivity contribution < 1.29 is 18.7 Å². The molecule has 25 heavy (non-hydrogen) atoms. The molecule has 1 saturated heterocycles. The number of benzene rings is 1. The van der Waals surface area contributed by atoms with E-state index >= 15 is 0 Å². The lowest BCUT2D eigenvalue weighted by Gasteiger charge is -2.11. The maximum Gasteiger partial charge on any atom is 0.226 e. The summed E-state index contributed by atoms with van der Waals surface area (Å²) in [5, 5.41) is 13.7. The van der Waals surface area contributed by atoms with Crippen LogP contribution in [-0.2, 0) is 14.3 Å². The molecule has 0 bridgehead atoms. The summed E-state index contributed by atoms with van der Waals surface area (Å²) in [5.41, 5.74) is 0.644. The van der Waals surface area contributed by atoms with Crippen LogP contribution in [0.2, 0.25) is 0 Å². The van der Waals surface area contributed by atoms with Gasteiger partial charge in [-0.25, -0.2) is 4.39 Å². The molecule has 1 aliphatic rings. The third-order valence-electron chi connectivity index (χ3n) is 3.90. The van der Waals surface area contributed by atoms with Gasteiger partial charge in [0.2, 0.25) is 5.91 Å². The zero-order chi connectivity index (χ0) is 17.6. The van der Waals surface area contributed by atoms with Gasteiger partial charge >= 0.3 is 0 Å². The minimum atomic E-state index is -0.525. The van der Waals surface area contributed by atoms with Crippen molar-refractivity contribution in [1.29, 1.82) is 0 Å². The van der Waals surface area contributed by atoms with Gasteiger partial charge in [-0.1, -0.05) is 0 Å². The molecular formula is C16H20FN5O3. The summed E-state index contributed by atoms with van der Waals surface area (Å²) >= 11 is 0. The lowest BCUT2D eigenvalue weighted by Crippen LogP contribution is -2.19. The summed E-state index contributed by atoms with van der Waals surface area (Å²) in [5.74, 6) is -0.286. The highest BCUT2D eigenvalue weighted by molar-refractivity contribution is 5.91. The normalized spacial score (nSPS) is 17.0. The highest BCUT2D eigenvalue weighted by Gasteiger charge is 2.16. The van der Waals surface area contributed by atoms with E-state index in [-0.39, 0.29) is 30.7 Å². The molecule has 0 aliphatic carbocycles. The zero-order valence-corrected chi connectivity index (χ0v) is 13.9. The maximum atomic E-state index is 13.9. The molecule has 0 radical (unpaired) electrons. The molecule has 2 aromatic rings. The van der Waals surface area contributed by atoms with E-state index in [1.165, 1.54) is 16.8 Å². The Kier molecular flexibility index (Phi) is 5.67. The second-order valence-electron chi connectivity index (χ2n) is 5.81. The number of rotatable bonds is 7. The molecule has 1 fully saturated rings. The highest BCUT2D eigenvalue weighted by Crippen LogP contribution is 2.19. The van der Waals surface area contributed by atoms with Crippen molar-refractivity contribution in [3.05, 3.63) is 29.8 Å². The Morgan fingerprint density at radius 1 is 1.52 bits per heavy atom.